The van der Waals surface area contributed by atoms with Gasteiger partial charge in [-0.25, -0.2) is 4.79 Å². The van der Waals surface area contributed by atoms with Crippen LogP contribution in [0.15, 0.2) is 30.3 Å². The lowest BCUT2D eigenvalue weighted by atomic mass is 10.3. The van der Waals surface area contributed by atoms with Crippen molar-refractivity contribution in [3.05, 3.63) is 41.7 Å². The Kier molecular flexibility index (Phi) is 4.83. The van der Waals surface area contributed by atoms with Gasteiger partial charge in [0, 0.05) is 18.8 Å². The molecule has 0 aliphatic heterocycles. The Morgan fingerprint density at radius 1 is 1.25 bits per heavy atom. The van der Waals surface area contributed by atoms with Crippen LogP contribution in [-0.2, 0) is 22.3 Å². The van der Waals surface area contributed by atoms with Crippen LogP contribution in [0.2, 0.25) is 0 Å². The molecule has 9 nitrogen and oxygen atoms in total. The van der Waals surface area contributed by atoms with Crippen LogP contribution in [-0.4, -0.2) is 37.2 Å². The lowest BCUT2D eigenvalue weighted by molar-refractivity contribution is 0.0593. The summed E-state index contributed by atoms with van der Waals surface area (Å²) in [4.78, 5) is 23.5. The number of methoxy groups -OCH3 is 1. The first kappa shape index (κ1) is 17.4. The summed E-state index contributed by atoms with van der Waals surface area (Å²) >= 11 is 0. The molecule has 0 saturated heterocycles. The number of anilines is 1. The van der Waals surface area contributed by atoms with E-state index in [4.69, 9.17) is 0 Å². The van der Waals surface area contributed by atoms with Gasteiger partial charge in [0.25, 0.3) is 5.91 Å². The number of nitrogens with zero attached hydrogens (tertiary/aromatic N) is 2. The number of aromatic nitrogens is 2. The highest BCUT2D eigenvalue weighted by Crippen LogP contribution is 2.18. The Bertz CT molecular complexity index is 876. The number of ether oxygens (including phenoxy) is 1. The quantitative estimate of drug-likeness (QED) is 0.628. The number of carbonyl (C=O) groups excluding carboxylic acids is 2. The van der Waals surface area contributed by atoms with E-state index in [1.165, 1.54) is 37.0 Å². The highest BCUT2D eigenvalue weighted by molar-refractivity contribution is 7.81. The van der Waals surface area contributed by atoms with Crippen LogP contribution in [0.1, 0.15) is 21.0 Å². The summed E-state index contributed by atoms with van der Waals surface area (Å²) in [5.74, 6) is -1.49. The molecule has 1 aromatic carbocycles. The summed E-state index contributed by atoms with van der Waals surface area (Å²) in [6.07, 6.45) is 0. The highest BCUT2D eigenvalue weighted by atomic mass is 32.3. The van der Waals surface area contributed by atoms with E-state index in [1.54, 1.807) is 0 Å². The first-order valence-electron chi connectivity index (χ1n) is 6.37. The molecule has 0 saturated carbocycles. The molecule has 2 aromatic rings. The van der Waals surface area contributed by atoms with Crippen LogP contribution in [0.5, 0.6) is 5.75 Å². The number of nitrogens with one attached hydrogen (secondary N) is 1. The maximum absolute atomic E-state index is 12.4. The second kappa shape index (κ2) is 6.66. The molecule has 0 bridgehead atoms. The molecule has 0 aliphatic carbocycles. The first-order valence-corrected chi connectivity index (χ1v) is 7.68. The molecular formula is C13H12FN3O6S. The zero-order valence-corrected chi connectivity index (χ0v) is 13.3. The van der Waals surface area contributed by atoms with E-state index in [0.29, 0.717) is 5.69 Å². The van der Waals surface area contributed by atoms with E-state index in [2.05, 4.69) is 19.3 Å². The maximum atomic E-state index is 12.4. The van der Waals surface area contributed by atoms with Crippen molar-refractivity contribution in [1.29, 1.82) is 0 Å². The van der Waals surface area contributed by atoms with E-state index in [9.17, 15) is 21.9 Å². The predicted octanol–water partition coefficient (Wildman–Crippen LogP) is 1.05. The Morgan fingerprint density at radius 3 is 2.42 bits per heavy atom. The summed E-state index contributed by atoms with van der Waals surface area (Å²) in [5, 5.41) is 6.36. The van der Waals surface area contributed by atoms with Crippen molar-refractivity contribution in [2.45, 2.75) is 0 Å². The zero-order valence-electron chi connectivity index (χ0n) is 12.5. The molecule has 0 unspecified atom stereocenters. The SMILES string of the molecule is COC(=O)c1cc(C(=O)Nc2ccc(OS(=O)(=O)F)cc2)n(C)n1. The van der Waals surface area contributed by atoms with Gasteiger partial charge in [-0.2, -0.15) is 13.5 Å². The number of hydrogen-bond donors (Lipinski definition) is 1. The van der Waals surface area contributed by atoms with Gasteiger partial charge < -0.3 is 14.2 Å². The van der Waals surface area contributed by atoms with Gasteiger partial charge in [-0.15, -0.1) is 0 Å². The topological polar surface area (TPSA) is 117 Å². The van der Waals surface area contributed by atoms with Gasteiger partial charge in [0.15, 0.2) is 5.69 Å². The van der Waals surface area contributed by atoms with Gasteiger partial charge >= 0.3 is 16.5 Å². The molecule has 11 heteroatoms. The van der Waals surface area contributed by atoms with E-state index in [0.717, 1.165) is 12.1 Å². The van der Waals surface area contributed by atoms with Crippen LogP contribution in [0.3, 0.4) is 0 Å². The third kappa shape index (κ3) is 4.29. The molecule has 1 N–H and O–H groups in total. The minimum Gasteiger partial charge on any atom is -0.464 e. The van der Waals surface area contributed by atoms with Crippen molar-refractivity contribution in [1.82, 2.24) is 9.78 Å². The summed E-state index contributed by atoms with van der Waals surface area (Å²) in [6, 6.07) is 6.21. The first-order chi connectivity index (χ1) is 11.2. The fourth-order valence-corrected chi connectivity index (χ4v) is 2.13. The van der Waals surface area contributed by atoms with Crippen molar-refractivity contribution >= 4 is 28.1 Å². The minimum absolute atomic E-state index is 0.0259. The molecular weight excluding hydrogens is 345 g/mol. The van der Waals surface area contributed by atoms with Gasteiger partial charge in [-0.3, -0.25) is 9.48 Å². The minimum atomic E-state index is -5.11. The average Bonchev–Trinajstić information content (AvgIpc) is 2.89. The van der Waals surface area contributed by atoms with Crippen molar-refractivity contribution in [2.24, 2.45) is 7.05 Å². The number of aryl methyl sites for hydroxylation is 1. The van der Waals surface area contributed by atoms with Gasteiger partial charge in [-0.05, 0) is 24.3 Å². The van der Waals surface area contributed by atoms with Gasteiger partial charge in [0.2, 0.25) is 0 Å². The van der Waals surface area contributed by atoms with Gasteiger partial charge in [0.05, 0.1) is 7.11 Å². The van der Waals surface area contributed by atoms with Crippen molar-refractivity contribution in [3.8, 4) is 5.75 Å². The summed E-state index contributed by atoms with van der Waals surface area (Å²) < 4.78 is 42.9. The molecule has 0 spiro atoms. The zero-order chi connectivity index (χ0) is 17.9. The largest absolute Gasteiger partial charge is 0.488 e. The normalized spacial score (nSPS) is 11.0. The maximum Gasteiger partial charge on any atom is 0.488 e. The van der Waals surface area contributed by atoms with E-state index < -0.39 is 22.4 Å². The Balaban J connectivity index is 2.12. The predicted molar refractivity (Wildman–Crippen MR) is 79.6 cm³/mol. The van der Waals surface area contributed by atoms with Gasteiger partial charge in [0.1, 0.15) is 11.4 Å². The molecule has 24 heavy (non-hydrogen) atoms. The third-order valence-electron chi connectivity index (χ3n) is 2.81. The number of rotatable bonds is 5. The molecule has 128 valence electrons. The standard InChI is InChI=1S/C13H12FN3O6S/c1-17-11(7-10(16-17)13(19)22-2)12(18)15-8-3-5-9(6-4-8)23-24(14,20)21/h3-7H,1-2H3,(H,15,18). The lowest BCUT2D eigenvalue weighted by Gasteiger charge is -2.06. The third-order valence-corrected chi connectivity index (χ3v) is 3.21. The second-order valence-corrected chi connectivity index (χ2v) is 5.44. The monoisotopic (exact) mass is 357 g/mol. The molecule has 0 fully saturated rings. The Labute approximate surface area is 136 Å². The van der Waals surface area contributed by atoms with Crippen molar-refractivity contribution in [2.75, 3.05) is 12.4 Å². The molecule has 1 aromatic heterocycles. The van der Waals surface area contributed by atoms with Crippen molar-refractivity contribution in [3.63, 3.8) is 0 Å². The summed E-state index contributed by atoms with van der Waals surface area (Å²) in [6.45, 7) is 0. The molecule has 0 aliphatic rings. The van der Waals surface area contributed by atoms with Crippen LogP contribution >= 0.6 is 0 Å². The fraction of sp³-hybridized carbons (Fsp3) is 0.154. The lowest BCUT2D eigenvalue weighted by Crippen LogP contribution is -2.16. The molecule has 2 rings (SSSR count). The fourth-order valence-electron chi connectivity index (χ4n) is 1.79. The van der Waals surface area contributed by atoms with Gasteiger partial charge in [-0.1, -0.05) is 3.89 Å². The summed E-state index contributed by atoms with van der Waals surface area (Å²) in [5.41, 5.74) is 0.369. The van der Waals surface area contributed by atoms with Crippen LogP contribution < -0.4 is 9.50 Å². The summed E-state index contributed by atoms with van der Waals surface area (Å²) in [7, 11) is -2.44. The van der Waals surface area contributed by atoms with Crippen LogP contribution in [0, 0.1) is 0 Å². The van der Waals surface area contributed by atoms with E-state index in [1.807, 2.05) is 0 Å². The second-order valence-electron chi connectivity index (χ2n) is 4.48. The van der Waals surface area contributed by atoms with E-state index >= 15 is 0 Å². The number of amides is 1. The average molecular weight is 357 g/mol. The number of hydrogen-bond acceptors (Lipinski definition) is 7. The number of halogens is 1. The van der Waals surface area contributed by atoms with Crippen LogP contribution in [0.4, 0.5) is 9.57 Å². The Morgan fingerprint density at radius 2 is 1.88 bits per heavy atom. The molecule has 0 atom stereocenters. The highest BCUT2D eigenvalue weighted by Gasteiger charge is 2.18. The molecule has 1 heterocycles. The number of esters is 1. The number of carbonyl (C=O) groups is 2. The van der Waals surface area contributed by atoms with Crippen molar-refractivity contribution < 1.29 is 30.8 Å². The molecule has 0 radical (unpaired) electrons. The van der Waals surface area contributed by atoms with Crippen LogP contribution in [0.25, 0.3) is 0 Å². The molecule has 1 amide bonds. The number of benzene rings is 1. The Hall–Kier alpha value is -2.95. The van der Waals surface area contributed by atoms with E-state index in [-0.39, 0.29) is 17.1 Å². The smallest absolute Gasteiger partial charge is 0.464 e.